The lowest BCUT2D eigenvalue weighted by Crippen LogP contribution is -2.13. The molecule has 4 aromatic rings. The van der Waals surface area contributed by atoms with Gasteiger partial charge in [0.25, 0.3) is 5.91 Å². The van der Waals surface area contributed by atoms with Crippen molar-refractivity contribution < 1.29 is 9.53 Å². The smallest absolute Gasteiger partial charge is 0.259 e. The SMILES string of the molecule is CCOc1ccccc1C(=O)Nc1cccc(-c2ccc3nnc(C)n3n2)c1. The van der Waals surface area contributed by atoms with Crippen LogP contribution in [0.4, 0.5) is 5.69 Å². The van der Waals surface area contributed by atoms with Crippen LogP contribution in [-0.2, 0) is 0 Å². The predicted octanol–water partition coefficient (Wildman–Crippen LogP) is 3.75. The van der Waals surface area contributed by atoms with Gasteiger partial charge in [0.15, 0.2) is 11.5 Å². The van der Waals surface area contributed by atoms with E-state index in [2.05, 4.69) is 20.6 Å². The van der Waals surface area contributed by atoms with Gasteiger partial charge in [0.1, 0.15) is 5.75 Å². The molecule has 2 heterocycles. The second-order valence-electron chi connectivity index (χ2n) is 6.20. The van der Waals surface area contributed by atoms with Crippen molar-refractivity contribution in [2.24, 2.45) is 0 Å². The number of anilines is 1. The van der Waals surface area contributed by atoms with E-state index in [1.165, 1.54) is 0 Å². The molecule has 0 radical (unpaired) electrons. The Morgan fingerprint density at radius 3 is 2.79 bits per heavy atom. The number of nitrogens with one attached hydrogen (secondary N) is 1. The number of amides is 1. The van der Waals surface area contributed by atoms with E-state index in [0.717, 1.165) is 11.3 Å². The van der Waals surface area contributed by atoms with Crippen molar-refractivity contribution in [1.82, 2.24) is 19.8 Å². The summed E-state index contributed by atoms with van der Waals surface area (Å²) >= 11 is 0. The second-order valence-corrected chi connectivity index (χ2v) is 6.20. The van der Waals surface area contributed by atoms with Gasteiger partial charge in [-0.3, -0.25) is 4.79 Å². The van der Waals surface area contributed by atoms with Crippen LogP contribution in [0.2, 0.25) is 0 Å². The number of benzene rings is 2. The Morgan fingerprint density at radius 1 is 1.07 bits per heavy atom. The zero-order chi connectivity index (χ0) is 19.5. The van der Waals surface area contributed by atoms with Crippen LogP contribution < -0.4 is 10.1 Å². The minimum Gasteiger partial charge on any atom is -0.493 e. The Balaban J connectivity index is 1.62. The maximum atomic E-state index is 12.7. The molecule has 28 heavy (non-hydrogen) atoms. The molecular weight excluding hydrogens is 354 g/mol. The normalized spacial score (nSPS) is 10.8. The molecule has 2 aromatic carbocycles. The van der Waals surface area contributed by atoms with Crippen LogP contribution >= 0.6 is 0 Å². The molecule has 0 saturated heterocycles. The van der Waals surface area contributed by atoms with Crippen LogP contribution in [0, 0.1) is 6.92 Å². The van der Waals surface area contributed by atoms with Crippen molar-refractivity contribution in [2.45, 2.75) is 13.8 Å². The zero-order valence-electron chi connectivity index (χ0n) is 15.6. The van der Waals surface area contributed by atoms with Gasteiger partial charge in [-0.1, -0.05) is 24.3 Å². The highest BCUT2D eigenvalue weighted by Gasteiger charge is 2.13. The van der Waals surface area contributed by atoms with E-state index in [0.29, 0.717) is 35.1 Å². The fourth-order valence-electron chi connectivity index (χ4n) is 2.94. The van der Waals surface area contributed by atoms with E-state index in [9.17, 15) is 4.79 Å². The lowest BCUT2D eigenvalue weighted by molar-refractivity contribution is 0.102. The molecule has 0 aliphatic carbocycles. The van der Waals surface area contributed by atoms with E-state index < -0.39 is 0 Å². The summed E-state index contributed by atoms with van der Waals surface area (Å²) in [5, 5.41) is 15.6. The Hall–Kier alpha value is -3.74. The van der Waals surface area contributed by atoms with Gasteiger partial charge in [-0.15, -0.1) is 10.2 Å². The summed E-state index contributed by atoms with van der Waals surface area (Å²) < 4.78 is 7.24. The number of aromatic nitrogens is 4. The summed E-state index contributed by atoms with van der Waals surface area (Å²) in [7, 11) is 0. The van der Waals surface area contributed by atoms with Crippen LogP contribution in [0.25, 0.3) is 16.9 Å². The summed E-state index contributed by atoms with van der Waals surface area (Å²) in [6, 6.07) is 18.5. The molecule has 0 spiro atoms. The number of ether oxygens (including phenoxy) is 1. The van der Waals surface area contributed by atoms with Gasteiger partial charge in [0.05, 0.1) is 17.9 Å². The molecule has 0 bridgehead atoms. The van der Waals surface area contributed by atoms with E-state index in [1.807, 2.05) is 62.4 Å². The fourth-order valence-corrected chi connectivity index (χ4v) is 2.94. The predicted molar refractivity (Wildman–Crippen MR) is 107 cm³/mol. The fraction of sp³-hybridized carbons (Fsp3) is 0.143. The number of para-hydroxylation sites is 1. The van der Waals surface area contributed by atoms with E-state index in [-0.39, 0.29) is 5.91 Å². The standard InChI is InChI=1S/C21H19N5O2/c1-3-28-19-10-5-4-9-17(19)21(27)22-16-8-6-7-15(13-16)18-11-12-20-24-23-14(2)26(20)25-18/h4-13H,3H2,1-2H3,(H,22,27). The monoisotopic (exact) mass is 373 g/mol. The topological polar surface area (TPSA) is 81.4 Å². The van der Waals surface area contributed by atoms with Crippen LogP contribution in [0.5, 0.6) is 5.75 Å². The average molecular weight is 373 g/mol. The maximum Gasteiger partial charge on any atom is 0.259 e. The van der Waals surface area contributed by atoms with Crippen molar-refractivity contribution >= 4 is 17.2 Å². The molecule has 1 amide bonds. The molecule has 1 N–H and O–H groups in total. The number of fused-ring (bicyclic) bond motifs is 1. The van der Waals surface area contributed by atoms with Crippen molar-refractivity contribution in [3.63, 3.8) is 0 Å². The summed E-state index contributed by atoms with van der Waals surface area (Å²) in [4.78, 5) is 12.7. The molecule has 7 heteroatoms. The first kappa shape index (κ1) is 17.7. The summed E-state index contributed by atoms with van der Waals surface area (Å²) in [5.41, 5.74) is 3.51. The third-order valence-corrected chi connectivity index (χ3v) is 4.27. The molecule has 0 fully saturated rings. The van der Waals surface area contributed by atoms with Gasteiger partial charge in [-0.2, -0.15) is 9.61 Å². The largest absolute Gasteiger partial charge is 0.493 e. The number of carbonyl (C=O) groups excluding carboxylic acids is 1. The van der Waals surface area contributed by atoms with Gasteiger partial charge in [-0.25, -0.2) is 0 Å². The number of hydrogen-bond acceptors (Lipinski definition) is 5. The number of aryl methyl sites for hydroxylation is 1. The lowest BCUT2D eigenvalue weighted by atomic mass is 10.1. The Labute approximate surface area is 162 Å². The zero-order valence-corrected chi connectivity index (χ0v) is 15.6. The van der Waals surface area contributed by atoms with Crippen LogP contribution in [-0.4, -0.2) is 32.3 Å². The number of nitrogens with zero attached hydrogens (tertiary/aromatic N) is 4. The number of carbonyl (C=O) groups is 1. The highest BCUT2D eigenvalue weighted by atomic mass is 16.5. The van der Waals surface area contributed by atoms with Crippen molar-refractivity contribution in [2.75, 3.05) is 11.9 Å². The van der Waals surface area contributed by atoms with Crippen LogP contribution in [0.1, 0.15) is 23.1 Å². The van der Waals surface area contributed by atoms with Gasteiger partial charge in [0.2, 0.25) is 0 Å². The maximum absolute atomic E-state index is 12.7. The highest BCUT2D eigenvalue weighted by Crippen LogP contribution is 2.23. The first-order chi connectivity index (χ1) is 13.7. The van der Waals surface area contributed by atoms with Gasteiger partial charge < -0.3 is 10.1 Å². The molecule has 140 valence electrons. The van der Waals surface area contributed by atoms with E-state index in [4.69, 9.17) is 4.74 Å². The van der Waals surface area contributed by atoms with Crippen molar-refractivity contribution in [1.29, 1.82) is 0 Å². The first-order valence-electron chi connectivity index (χ1n) is 8.98. The van der Waals surface area contributed by atoms with E-state index >= 15 is 0 Å². The molecule has 2 aromatic heterocycles. The lowest BCUT2D eigenvalue weighted by Gasteiger charge is -2.11. The third kappa shape index (κ3) is 3.42. The second kappa shape index (κ2) is 7.48. The highest BCUT2D eigenvalue weighted by molar-refractivity contribution is 6.06. The molecule has 7 nitrogen and oxygen atoms in total. The third-order valence-electron chi connectivity index (χ3n) is 4.27. The molecule has 0 atom stereocenters. The molecule has 4 rings (SSSR count). The molecule has 0 unspecified atom stereocenters. The summed E-state index contributed by atoms with van der Waals surface area (Å²) in [6.45, 7) is 4.24. The summed E-state index contributed by atoms with van der Waals surface area (Å²) in [5.74, 6) is 1.06. The molecule has 0 saturated carbocycles. The van der Waals surface area contributed by atoms with Gasteiger partial charge >= 0.3 is 0 Å². The van der Waals surface area contributed by atoms with Gasteiger partial charge in [-0.05, 0) is 50.2 Å². The summed E-state index contributed by atoms with van der Waals surface area (Å²) in [6.07, 6.45) is 0. The Kier molecular flexibility index (Phi) is 4.72. The van der Waals surface area contributed by atoms with Crippen LogP contribution in [0.3, 0.4) is 0 Å². The van der Waals surface area contributed by atoms with Crippen molar-refractivity contribution in [3.05, 3.63) is 72.1 Å². The molecule has 0 aliphatic rings. The average Bonchev–Trinajstić information content (AvgIpc) is 3.09. The first-order valence-corrected chi connectivity index (χ1v) is 8.98. The minimum atomic E-state index is -0.223. The van der Waals surface area contributed by atoms with Gasteiger partial charge in [0, 0.05) is 11.3 Å². The molecule has 0 aliphatic heterocycles. The minimum absolute atomic E-state index is 0.223. The number of rotatable bonds is 5. The van der Waals surface area contributed by atoms with Crippen molar-refractivity contribution in [3.8, 4) is 17.0 Å². The Bertz CT molecular complexity index is 1150. The molecular formula is C21H19N5O2. The number of hydrogen-bond donors (Lipinski definition) is 1. The Morgan fingerprint density at radius 2 is 1.93 bits per heavy atom. The quantitative estimate of drug-likeness (QED) is 0.576. The van der Waals surface area contributed by atoms with E-state index in [1.54, 1.807) is 16.6 Å². The van der Waals surface area contributed by atoms with Crippen LogP contribution in [0.15, 0.2) is 60.7 Å².